The highest BCUT2D eigenvalue weighted by molar-refractivity contribution is 5.73. The van der Waals surface area contributed by atoms with E-state index in [-0.39, 0.29) is 12.0 Å². The van der Waals surface area contributed by atoms with Crippen molar-refractivity contribution >= 4 is 12.0 Å². The predicted molar refractivity (Wildman–Crippen MR) is 42.1 cm³/mol. The maximum Gasteiger partial charge on any atom is 0.414 e. The van der Waals surface area contributed by atoms with Crippen LogP contribution in [0.3, 0.4) is 0 Å². The minimum Gasteiger partial charge on any atom is -0.447 e. The molecule has 0 N–H and O–H groups in total. The van der Waals surface area contributed by atoms with Gasteiger partial charge in [0.2, 0.25) is 0 Å². The van der Waals surface area contributed by atoms with Crippen molar-refractivity contribution in [3.8, 4) is 0 Å². The number of carbonyl (C=O) groups excluding carboxylic acids is 2. The summed E-state index contributed by atoms with van der Waals surface area (Å²) in [7, 11) is 0. The molecule has 0 aromatic rings. The van der Waals surface area contributed by atoms with E-state index in [1.54, 1.807) is 5.94 Å². The first kappa shape index (κ1) is 8.81. The highest BCUT2D eigenvalue weighted by Crippen LogP contribution is 2.18. The molecule has 66 valence electrons. The smallest absolute Gasteiger partial charge is 0.414 e. The Hall–Kier alpha value is -1.28. The van der Waals surface area contributed by atoms with E-state index in [0.29, 0.717) is 6.61 Å². The Labute approximate surface area is 70.8 Å². The number of hydrogen-bond donors (Lipinski definition) is 0. The maximum atomic E-state index is 11.0. The van der Waals surface area contributed by atoms with Crippen molar-refractivity contribution in [2.24, 2.45) is 5.92 Å². The van der Waals surface area contributed by atoms with Crippen molar-refractivity contribution in [2.45, 2.75) is 19.9 Å². The molecule has 0 saturated carbocycles. The van der Waals surface area contributed by atoms with E-state index in [4.69, 9.17) is 4.74 Å². The van der Waals surface area contributed by atoms with Crippen molar-refractivity contribution in [1.82, 2.24) is 4.90 Å². The minimum absolute atomic E-state index is 0.0288. The lowest BCUT2D eigenvalue weighted by atomic mass is 10.1. The molecular weight excluding hydrogens is 158 g/mol. The second-order valence-corrected chi connectivity index (χ2v) is 3.04. The Balaban J connectivity index is 2.76. The Morgan fingerprint density at radius 1 is 1.75 bits per heavy atom. The van der Waals surface area contributed by atoms with E-state index in [1.807, 2.05) is 13.8 Å². The van der Waals surface area contributed by atoms with Crippen molar-refractivity contribution in [1.29, 1.82) is 0 Å². The van der Waals surface area contributed by atoms with E-state index < -0.39 is 6.09 Å². The lowest BCUT2D eigenvalue weighted by molar-refractivity contribution is 0.166. The van der Waals surface area contributed by atoms with Gasteiger partial charge in [0.15, 0.2) is 0 Å². The highest BCUT2D eigenvalue weighted by atomic mass is 16.6. The second-order valence-electron chi connectivity index (χ2n) is 3.04. The van der Waals surface area contributed by atoms with Crippen LogP contribution in [-0.4, -0.2) is 29.6 Å². The summed E-state index contributed by atoms with van der Waals surface area (Å²) in [6.45, 7) is 4.30. The normalized spacial score (nSPS) is 22.4. The molecule has 1 rings (SSSR count). The highest BCUT2D eigenvalue weighted by Gasteiger charge is 2.33. The summed E-state index contributed by atoms with van der Waals surface area (Å²) >= 11 is 0. The van der Waals surface area contributed by atoms with Gasteiger partial charge in [-0.1, -0.05) is 13.8 Å². The van der Waals surface area contributed by atoms with Crippen LogP contribution < -0.4 is 0 Å². The zero-order chi connectivity index (χ0) is 9.14. The van der Waals surface area contributed by atoms with Gasteiger partial charge in [-0.15, -0.1) is 0 Å². The van der Waals surface area contributed by atoms with Crippen molar-refractivity contribution in [3.63, 3.8) is 0 Å². The van der Waals surface area contributed by atoms with Gasteiger partial charge in [0.1, 0.15) is 12.5 Å². The molecule has 1 aliphatic heterocycles. The summed E-state index contributed by atoms with van der Waals surface area (Å²) in [5.41, 5.74) is 0. The van der Waals surface area contributed by atoms with E-state index >= 15 is 0 Å². The third-order valence-electron chi connectivity index (χ3n) is 1.91. The van der Waals surface area contributed by atoms with Gasteiger partial charge in [0, 0.05) is 0 Å². The van der Waals surface area contributed by atoms with Crippen LogP contribution in [0.2, 0.25) is 0 Å². The summed E-state index contributed by atoms with van der Waals surface area (Å²) in [5, 5.41) is 0. The van der Waals surface area contributed by atoms with Crippen LogP contribution in [0.15, 0.2) is 6.20 Å². The second kappa shape index (κ2) is 3.41. The monoisotopic (exact) mass is 169 g/mol. The summed E-state index contributed by atoms with van der Waals surface area (Å²) in [5.74, 6) is 1.85. The molecule has 0 aliphatic carbocycles. The van der Waals surface area contributed by atoms with Crippen molar-refractivity contribution in [2.75, 3.05) is 6.61 Å². The van der Waals surface area contributed by atoms with Crippen LogP contribution in [0.1, 0.15) is 13.8 Å². The largest absolute Gasteiger partial charge is 0.447 e. The third-order valence-corrected chi connectivity index (χ3v) is 1.91. The molecule has 1 heterocycles. The molecule has 1 aliphatic rings. The molecule has 4 nitrogen and oxygen atoms in total. The zero-order valence-corrected chi connectivity index (χ0v) is 7.11. The number of ether oxygens (including phenoxy) is 1. The van der Waals surface area contributed by atoms with Gasteiger partial charge < -0.3 is 4.74 Å². The molecule has 1 saturated heterocycles. The van der Waals surface area contributed by atoms with Crippen LogP contribution in [-0.2, 0) is 9.53 Å². The fourth-order valence-electron chi connectivity index (χ4n) is 1.17. The molecule has 1 amide bonds. The molecule has 0 radical (unpaired) electrons. The van der Waals surface area contributed by atoms with Gasteiger partial charge in [-0.2, -0.15) is 0 Å². The predicted octanol–water partition coefficient (Wildman–Crippen LogP) is 0.808. The summed E-state index contributed by atoms with van der Waals surface area (Å²) in [6.07, 6.45) is 0.636. The van der Waals surface area contributed by atoms with Gasteiger partial charge in [-0.25, -0.2) is 9.59 Å². The van der Waals surface area contributed by atoms with E-state index in [1.165, 1.54) is 4.90 Å². The van der Waals surface area contributed by atoms with Crippen molar-refractivity contribution in [3.05, 3.63) is 6.20 Å². The van der Waals surface area contributed by atoms with Gasteiger partial charge in [0.25, 0.3) is 0 Å². The Morgan fingerprint density at radius 3 is 2.92 bits per heavy atom. The Morgan fingerprint density at radius 2 is 2.42 bits per heavy atom. The molecular formula is C8H11NO3. The van der Waals surface area contributed by atoms with Gasteiger partial charge >= 0.3 is 6.09 Å². The van der Waals surface area contributed by atoms with E-state index in [9.17, 15) is 9.59 Å². The van der Waals surface area contributed by atoms with Gasteiger partial charge in [-0.3, -0.25) is 4.90 Å². The van der Waals surface area contributed by atoms with Gasteiger partial charge in [0.05, 0.1) is 12.2 Å². The lowest BCUT2D eigenvalue weighted by Gasteiger charge is -2.18. The van der Waals surface area contributed by atoms with Crippen molar-refractivity contribution < 1.29 is 14.3 Å². The van der Waals surface area contributed by atoms with E-state index in [0.717, 1.165) is 6.20 Å². The molecule has 0 bridgehead atoms. The molecule has 4 heteroatoms. The van der Waals surface area contributed by atoms with Crippen LogP contribution >= 0.6 is 0 Å². The number of nitrogens with zero attached hydrogens (tertiary/aromatic N) is 1. The number of carbonyl (C=O) groups is 1. The zero-order valence-electron chi connectivity index (χ0n) is 7.11. The van der Waals surface area contributed by atoms with Crippen LogP contribution in [0.4, 0.5) is 4.79 Å². The van der Waals surface area contributed by atoms with Crippen LogP contribution in [0, 0.1) is 5.92 Å². The van der Waals surface area contributed by atoms with E-state index in [2.05, 4.69) is 0 Å². The SMILES string of the molecule is CC(C)[C@H]1COC(=O)N1C=C=O. The standard InChI is InChI=1S/C8H11NO3/c1-6(2)7-5-12-8(11)9(7)3-4-10/h3,6-7H,5H2,1-2H3/t7-/m1/s1. The minimum atomic E-state index is -0.461. The first-order valence-electron chi connectivity index (χ1n) is 3.83. The topological polar surface area (TPSA) is 46.6 Å². The molecule has 12 heavy (non-hydrogen) atoms. The quantitative estimate of drug-likeness (QED) is 0.574. The number of cyclic esters (lactones) is 1. The summed E-state index contributed by atoms with van der Waals surface area (Å²) in [6, 6.07) is -0.0288. The first-order valence-corrected chi connectivity index (χ1v) is 3.83. The third kappa shape index (κ3) is 1.48. The van der Waals surface area contributed by atoms with Gasteiger partial charge in [-0.05, 0) is 5.92 Å². The summed E-state index contributed by atoms with van der Waals surface area (Å²) < 4.78 is 4.77. The number of rotatable bonds is 2. The molecule has 0 aromatic carbocycles. The Bertz CT molecular complexity index is 230. The Kier molecular flexibility index (Phi) is 2.51. The fourth-order valence-corrected chi connectivity index (χ4v) is 1.17. The fraction of sp³-hybridized carbons (Fsp3) is 0.625. The molecule has 1 atom stereocenters. The molecule has 1 fully saturated rings. The maximum absolute atomic E-state index is 11.0. The average Bonchev–Trinajstić information content (AvgIpc) is 2.34. The average molecular weight is 169 g/mol. The summed E-state index contributed by atoms with van der Waals surface area (Å²) in [4.78, 5) is 22.3. The molecule has 0 spiro atoms. The lowest BCUT2D eigenvalue weighted by Crippen LogP contribution is -2.32. The van der Waals surface area contributed by atoms with Crippen LogP contribution in [0.5, 0.6) is 0 Å². The molecule has 0 unspecified atom stereocenters. The molecule has 0 aromatic heterocycles. The van der Waals surface area contributed by atoms with Crippen LogP contribution in [0.25, 0.3) is 0 Å². The first-order chi connectivity index (χ1) is 5.66. The number of hydrogen-bond acceptors (Lipinski definition) is 3. The number of amides is 1.